The van der Waals surface area contributed by atoms with Crippen LogP contribution < -0.4 is 5.32 Å². The number of likely N-dealkylation sites (tertiary alicyclic amines) is 1. The summed E-state index contributed by atoms with van der Waals surface area (Å²) in [6.45, 7) is 6.35. The summed E-state index contributed by atoms with van der Waals surface area (Å²) in [5.74, 6) is 1.79. The van der Waals surface area contributed by atoms with Crippen LogP contribution in [0.25, 0.3) is 0 Å². The molecule has 0 aliphatic carbocycles. The van der Waals surface area contributed by atoms with E-state index in [0.717, 1.165) is 38.1 Å². The van der Waals surface area contributed by atoms with Crippen molar-refractivity contribution in [2.24, 2.45) is 10.9 Å². The molecule has 130 valence electrons. The molecule has 0 radical (unpaired) electrons. The number of rotatable bonds is 4. The third kappa shape index (κ3) is 6.30. The molecule has 1 N–H and O–H groups in total. The van der Waals surface area contributed by atoms with E-state index in [9.17, 15) is 0 Å². The SMILES string of the molecule is CN=C(NCc1ccccc1CN(C)C)N1CCCC(C)C1.I. The van der Waals surface area contributed by atoms with Gasteiger partial charge in [-0.2, -0.15) is 0 Å². The highest BCUT2D eigenvalue weighted by atomic mass is 127. The molecule has 1 fully saturated rings. The molecule has 1 aliphatic heterocycles. The minimum absolute atomic E-state index is 0. The van der Waals surface area contributed by atoms with Gasteiger partial charge in [-0.3, -0.25) is 4.99 Å². The topological polar surface area (TPSA) is 30.9 Å². The first kappa shape index (κ1) is 20.2. The minimum atomic E-state index is 0. The zero-order valence-corrected chi connectivity index (χ0v) is 17.2. The molecule has 1 atom stereocenters. The van der Waals surface area contributed by atoms with Gasteiger partial charge in [0.15, 0.2) is 5.96 Å². The maximum atomic E-state index is 4.47. The summed E-state index contributed by atoms with van der Waals surface area (Å²) in [4.78, 5) is 9.07. The van der Waals surface area contributed by atoms with Crippen LogP contribution in [0.4, 0.5) is 0 Å². The first-order chi connectivity index (χ1) is 10.6. The third-order valence-corrected chi connectivity index (χ3v) is 4.21. The van der Waals surface area contributed by atoms with E-state index < -0.39 is 0 Å². The fraction of sp³-hybridized carbons (Fsp3) is 0.611. The molecule has 1 unspecified atom stereocenters. The minimum Gasteiger partial charge on any atom is -0.352 e. The van der Waals surface area contributed by atoms with Gasteiger partial charge in [-0.15, -0.1) is 24.0 Å². The molecule has 1 aromatic carbocycles. The standard InChI is InChI=1S/C18H30N4.HI/c1-15-8-7-11-22(13-15)18(19-2)20-12-16-9-5-6-10-17(16)14-21(3)4;/h5-6,9-10,15H,7-8,11-14H2,1-4H3,(H,19,20);1H. The summed E-state index contributed by atoms with van der Waals surface area (Å²) in [5.41, 5.74) is 2.73. The Morgan fingerprint density at radius 3 is 2.61 bits per heavy atom. The molecule has 0 saturated carbocycles. The van der Waals surface area contributed by atoms with Gasteiger partial charge in [0.1, 0.15) is 0 Å². The highest BCUT2D eigenvalue weighted by molar-refractivity contribution is 14.0. The molecule has 1 aromatic rings. The van der Waals surface area contributed by atoms with Gasteiger partial charge in [0, 0.05) is 33.2 Å². The van der Waals surface area contributed by atoms with E-state index in [4.69, 9.17) is 0 Å². The Kier molecular flexibility index (Phi) is 8.91. The lowest BCUT2D eigenvalue weighted by Crippen LogP contribution is -2.46. The van der Waals surface area contributed by atoms with E-state index in [2.05, 4.69) is 65.4 Å². The van der Waals surface area contributed by atoms with Crippen molar-refractivity contribution in [3.63, 3.8) is 0 Å². The van der Waals surface area contributed by atoms with Crippen LogP contribution in [0.1, 0.15) is 30.9 Å². The molecule has 1 aliphatic rings. The Hall–Kier alpha value is -0.820. The van der Waals surface area contributed by atoms with E-state index >= 15 is 0 Å². The molecule has 4 nitrogen and oxygen atoms in total. The Balaban J connectivity index is 0.00000264. The van der Waals surface area contributed by atoms with Crippen molar-refractivity contribution in [3.8, 4) is 0 Å². The average Bonchev–Trinajstić information content (AvgIpc) is 2.49. The molecule has 0 aromatic heterocycles. The lowest BCUT2D eigenvalue weighted by Gasteiger charge is -2.33. The summed E-state index contributed by atoms with van der Waals surface area (Å²) in [7, 11) is 6.10. The average molecular weight is 430 g/mol. The van der Waals surface area contributed by atoms with Crippen molar-refractivity contribution in [3.05, 3.63) is 35.4 Å². The van der Waals surface area contributed by atoms with Crippen LogP contribution in [-0.2, 0) is 13.1 Å². The molecular weight excluding hydrogens is 399 g/mol. The van der Waals surface area contributed by atoms with Gasteiger partial charge in [0.25, 0.3) is 0 Å². The number of aliphatic imine (C=N–C) groups is 1. The van der Waals surface area contributed by atoms with Gasteiger partial charge in [-0.25, -0.2) is 0 Å². The molecule has 1 saturated heterocycles. The highest BCUT2D eigenvalue weighted by Crippen LogP contribution is 2.16. The predicted molar refractivity (Wildman–Crippen MR) is 109 cm³/mol. The van der Waals surface area contributed by atoms with Crippen molar-refractivity contribution in [1.82, 2.24) is 15.1 Å². The van der Waals surface area contributed by atoms with Crippen LogP contribution in [0.15, 0.2) is 29.3 Å². The molecular formula is C18H31IN4. The zero-order chi connectivity index (χ0) is 15.9. The maximum Gasteiger partial charge on any atom is 0.193 e. The lowest BCUT2D eigenvalue weighted by atomic mass is 10.0. The quantitative estimate of drug-likeness (QED) is 0.452. The Labute approximate surface area is 158 Å². The molecule has 0 spiro atoms. The van der Waals surface area contributed by atoms with Crippen molar-refractivity contribution >= 4 is 29.9 Å². The van der Waals surface area contributed by atoms with Crippen LogP contribution >= 0.6 is 24.0 Å². The Bertz CT molecular complexity index is 502. The van der Waals surface area contributed by atoms with Crippen LogP contribution in [0.5, 0.6) is 0 Å². The number of nitrogens with one attached hydrogen (secondary N) is 1. The van der Waals surface area contributed by atoms with Gasteiger partial charge in [0.2, 0.25) is 0 Å². The summed E-state index contributed by atoms with van der Waals surface area (Å²) in [6.07, 6.45) is 2.60. The lowest BCUT2D eigenvalue weighted by molar-refractivity contribution is 0.266. The third-order valence-electron chi connectivity index (χ3n) is 4.21. The zero-order valence-electron chi connectivity index (χ0n) is 14.9. The smallest absolute Gasteiger partial charge is 0.193 e. The second-order valence-corrected chi connectivity index (χ2v) is 6.60. The fourth-order valence-corrected chi connectivity index (χ4v) is 3.11. The number of nitrogens with zero attached hydrogens (tertiary/aromatic N) is 3. The summed E-state index contributed by atoms with van der Waals surface area (Å²) >= 11 is 0. The summed E-state index contributed by atoms with van der Waals surface area (Å²) < 4.78 is 0. The van der Waals surface area contributed by atoms with E-state index in [0.29, 0.717) is 0 Å². The van der Waals surface area contributed by atoms with E-state index in [1.165, 1.54) is 24.0 Å². The molecule has 5 heteroatoms. The predicted octanol–water partition coefficient (Wildman–Crippen LogP) is 3.17. The Morgan fingerprint density at radius 2 is 2.00 bits per heavy atom. The van der Waals surface area contributed by atoms with Crippen LogP contribution in [0.3, 0.4) is 0 Å². The van der Waals surface area contributed by atoms with Gasteiger partial charge >= 0.3 is 0 Å². The van der Waals surface area contributed by atoms with E-state index in [1.807, 2.05) is 7.05 Å². The van der Waals surface area contributed by atoms with Gasteiger partial charge in [0.05, 0.1) is 0 Å². The van der Waals surface area contributed by atoms with E-state index in [-0.39, 0.29) is 24.0 Å². The fourth-order valence-electron chi connectivity index (χ4n) is 3.11. The monoisotopic (exact) mass is 430 g/mol. The van der Waals surface area contributed by atoms with Crippen LogP contribution in [0, 0.1) is 5.92 Å². The largest absolute Gasteiger partial charge is 0.352 e. The summed E-state index contributed by atoms with van der Waals surface area (Å²) in [5, 5.41) is 3.55. The number of guanidine groups is 1. The molecule has 1 heterocycles. The van der Waals surface area contributed by atoms with Gasteiger partial charge < -0.3 is 15.1 Å². The molecule has 0 amide bonds. The highest BCUT2D eigenvalue weighted by Gasteiger charge is 2.19. The van der Waals surface area contributed by atoms with Crippen molar-refractivity contribution in [1.29, 1.82) is 0 Å². The normalized spacial score (nSPS) is 18.7. The second kappa shape index (κ2) is 10.1. The number of piperidine rings is 1. The van der Waals surface area contributed by atoms with Gasteiger partial charge in [-0.05, 0) is 44.0 Å². The molecule has 0 bridgehead atoms. The number of hydrogen-bond donors (Lipinski definition) is 1. The molecule has 23 heavy (non-hydrogen) atoms. The van der Waals surface area contributed by atoms with Gasteiger partial charge in [-0.1, -0.05) is 31.2 Å². The Morgan fingerprint density at radius 1 is 1.30 bits per heavy atom. The summed E-state index contributed by atoms with van der Waals surface area (Å²) in [6, 6.07) is 8.64. The maximum absolute atomic E-state index is 4.47. The first-order valence-electron chi connectivity index (χ1n) is 8.27. The van der Waals surface area contributed by atoms with Crippen LogP contribution in [-0.4, -0.2) is 50.0 Å². The number of halogens is 1. The molecule has 2 rings (SSSR count). The number of hydrogen-bond acceptors (Lipinski definition) is 2. The van der Waals surface area contributed by atoms with Crippen LogP contribution in [0.2, 0.25) is 0 Å². The van der Waals surface area contributed by atoms with E-state index in [1.54, 1.807) is 0 Å². The second-order valence-electron chi connectivity index (χ2n) is 6.60. The van der Waals surface area contributed by atoms with Crippen molar-refractivity contribution in [2.75, 3.05) is 34.2 Å². The van der Waals surface area contributed by atoms with Crippen molar-refractivity contribution < 1.29 is 0 Å². The first-order valence-corrected chi connectivity index (χ1v) is 8.27. The van der Waals surface area contributed by atoms with Crippen molar-refractivity contribution in [2.45, 2.75) is 32.9 Å². The number of benzene rings is 1.